The fourth-order valence-electron chi connectivity index (χ4n) is 2.08. The number of unbranched alkanes of at least 4 members (excludes halogenated alkanes) is 2. The van der Waals surface area contributed by atoms with E-state index in [4.69, 9.17) is 5.11 Å². The van der Waals surface area contributed by atoms with Crippen molar-refractivity contribution in [2.24, 2.45) is 5.92 Å². The lowest BCUT2D eigenvalue weighted by Crippen LogP contribution is -2.34. The average Bonchev–Trinajstić information content (AvgIpc) is 2.34. The van der Waals surface area contributed by atoms with Crippen molar-refractivity contribution >= 4 is 5.91 Å². The van der Waals surface area contributed by atoms with Crippen molar-refractivity contribution in [1.82, 2.24) is 4.90 Å². The molecule has 3 heteroatoms. The van der Waals surface area contributed by atoms with Gasteiger partial charge in [-0.2, -0.15) is 0 Å². The third-order valence-corrected chi connectivity index (χ3v) is 3.15. The summed E-state index contributed by atoms with van der Waals surface area (Å²) in [5, 5.41) is 8.66. The second-order valence-corrected chi connectivity index (χ2v) is 4.53. The molecule has 92 valence electrons. The van der Waals surface area contributed by atoms with Crippen LogP contribution in [0.5, 0.6) is 0 Å². The highest BCUT2D eigenvalue weighted by Gasteiger charge is 2.21. The van der Waals surface area contributed by atoms with Gasteiger partial charge in [0.2, 0.25) is 5.91 Å². The van der Waals surface area contributed by atoms with Crippen LogP contribution < -0.4 is 0 Å². The average molecular weight is 225 g/mol. The molecule has 0 aromatic rings. The van der Waals surface area contributed by atoms with Crippen LogP contribution in [0.2, 0.25) is 0 Å². The van der Waals surface area contributed by atoms with Gasteiger partial charge in [-0.3, -0.25) is 4.79 Å². The number of allylic oxidation sites excluding steroid dienone is 2. The van der Waals surface area contributed by atoms with Gasteiger partial charge in [0.15, 0.2) is 0 Å². The largest absolute Gasteiger partial charge is 0.396 e. The number of aliphatic hydroxyl groups excluding tert-OH is 1. The SMILES string of the molecule is CN(CCCCCO)C(=O)C1CC=CCC1. The zero-order valence-corrected chi connectivity index (χ0v) is 10.2. The Bertz CT molecular complexity index is 238. The molecular formula is C13H23NO2. The Morgan fingerprint density at radius 1 is 1.38 bits per heavy atom. The number of hydrogen-bond donors (Lipinski definition) is 1. The molecule has 1 rings (SSSR count). The number of aliphatic hydroxyl groups is 1. The summed E-state index contributed by atoms with van der Waals surface area (Å²) in [6, 6.07) is 0. The summed E-state index contributed by atoms with van der Waals surface area (Å²) in [6.07, 6.45) is 10.0. The molecule has 0 spiro atoms. The molecule has 0 aliphatic heterocycles. The Morgan fingerprint density at radius 3 is 2.81 bits per heavy atom. The van der Waals surface area contributed by atoms with Gasteiger partial charge in [-0.05, 0) is 38.5 Å². The number of hydrogen-bond acceptors (Lipinski definition) is 2. The van der Waals surface area contributed by atoms with Crippen molar-refractivity contribution in [2.75, 3.05) is 20.2 Å². The first-order valence-electron chi connectivity index (χ1n) is 6.26. The number of rotatable bonds is 6. The predicted octanol–water partition coefficient (Wildman–Crippen LogP) is 1.96. The third-order valence-electron chi connectivity index (χ3n) is 3.15. The molecule has 0 heterocycles. The van der Waals surface area contributed by atoms with Crippen molar-refractivity contribution in [1.29, 1.82) is 0 Å². The predicted molar refractivity (Wildman–Crippen MR) is 65.1 cm³/mol. The fourth-order valence-corrected chi connectivity index (χ4v) is 2.08. The van der Waals surface area contributed by atoms with Gasteiger partial charge < -0.3 is 10.0 Å². The molecule has 0 bridgehead atoms. The monoisotopic (exact) mass is 225 g/mol. The van der Waals surface area contributed by atoms with Gasteiger partial charge in [-0.25, -0.2) is 0 Å². The lowest BCUT2D eigenvalue weighted by molar-refractivity contribution is -0.134. The molecule has 0 aromatic carbocycles. The normalized spacial score (nSPS) is 19.8. The van der Waals surface area contributed by atoms with E-state index in [2.05, 4.69) is 12.2 Å². The molecule has 0 radical (unpaired) electrons. The van der Waals surface area contributed by atoms with Gasteiger partial charge in [0.25, 0.3) is 0 Å². The molecule has 0 saturated carbocycles. The van der Waals surface area contributed by atoms with Crippen molar-refractivity contribution < 1.29 is 9.90 Å². The van der Waals surface area contributed by atoms with Gasteiger partial charge in [-0.1, -0.05) is 12.2 Å². The minimum Gasteiger partial charge on any atom is -0.396 e. The standard InChI is InChI=1S/C13H23NO2/c1-14(10-6-3-7-11-15)13(16)12-8-4-2-5-9-12/h2,4,12,15H,3,5-11H2,1H3. The first-order chi connectivity index (χ1) is 7.75. The summed E-state index contributed by atoms with van der Waals surface area (Å²) in [5.74, 6) is 0.487. The Kier molecular flexibility index (Phi) is 6.16. The first kappa shape index (κ1) is 13.2. The highest BCUT2D eigenvalue weighted by Crippen LogP contribution is 2.20. The molecule has 1 atom stereocenters. The third kappa shape index (κ3) is 4.35. The summed E-state index contributed by atoms with van der Waals surface area (Å²) in [7, 11) is 1.89. The minimum atomic E-state index is 0.202. The Balaban J connectivity index is 2.21. The van der Waals surface area contributed by atoms with Gasteiger partial charge in [0.05, 0.1) is 0 Å². The van der Waals surface area contributed by atoms with E-state index in [0.717, 1.165) is 45.1 Å². The smallest absolute Gasteiger partial charge is 0.225 e. The van der Waals surface area contributed by atoms with Crippen LogP contribution in [-0.2, 0) is 4.79 Å². The van der Waals surface area contributed by atoms with Crippen molar-refractivity contribution in [3.8, 4) is 0 Å². The molecule has 1 amide bonds. The molecule has 16 heavy (non-hydrogen) atoms. The maximum Gasteiger partial charge on any atom is 0.225 e. The summed E-state index contributed by atoms with van der Waals surface area (Å²) in [6.45, 7) is 1.07. The summed E-state index contributed by atoms with van der Waals surface area (Å²) in [5.41, 5.74) is 0. The zero-order valence-electron chi connectivity index (χ0n) is 10.2. The van der Waals surface area contributed by atoms with Crippen LogP contribution in [0.3, 0.4) is 0 Å². The van der Waals surface area contributed by atoms with E-state index in [9.17, 15) is 4.79 Å². The van der Waals surface area contributed by atoms with E-state index in [0.29, 0.717) is 0 Å². The van der Waals surface area contributed by atoms with E-state index >= 15 is 0 Å². The second kappa shape index (κ2) is 7.44. The second-order valence-electron chi connectivity index (χ2n) is 4.53. The van der Waals surface area contributed by atoms with Crippen LogP contribution in [-0.4, -0.2) is 36.1 Å². The zero-order chi connectivity index (χ0) is 11.8. The van der Waals surface area contributed by atoms with Crippen LogP contribution >= 0.6 is 0 Å². The lowest BCUT2D eigenvalue weighted by Gasteiger charge is -2.24. The Hall–Kier alpha value is -0.830. The number of carbonyl (C=O) groups excluding carboxylic acids is 1. The highest BCUT2D eigenvalue weighted by molar-refractivity contribution is 5.78. The van der Waals surface area contributed by atoms with Gasteiger partial charge in [0, 0.05) is 26.1 Å². The molecule has 0 fully saturated rings. The minimum absolute atomic E-state index is 0.202. The van der Waals surface area contributed by atoms with Crippen LogP contribution in [0, 0.1) is 5.92 Å². The topological polar surface area (TPSA) is 40.5 Å². The Labute approximate surface area is 98.1 Å². The van der Waals surface area contributed by atoms with Crippen LogP contribution in [0.4, 0.5) is 0 Å². The van der Waals surface area contributed by atoms with Crippen molar-refractivity contribution in [3.63, 3.8) is 0 Å². The highest BCUT2D eigenvalue weighted by atomic mass is 16.2. The maximum atomic E-state index is 12.0. The molecule has 1 aliphatic rings. The van der Waals surface area contributed by atoms with E-state index in [1.54, 1.807) is 0 Å². The molecule has 1 N–H and O–H groups in total. The lowest BCUT2D eigenvalue weighted by atomic mass is 9.93. The van der Waals surface area contributed by atoms with Crippen LogP contribution in [0.1, 0.15) is 38.5 Å². The van der Waals surface area contributed by atoms with E-state index in [1.165, 1.54) is 0 Å². The van der Waals surface area contributed by atoms with E-state index in [-0.39, 0.29) is 18.4 Å². The number of carbonyl (C=O) groups is 1. The summed E-state index contributed by atoms with van der Waals surface area (Å²) in [4.78, 5) is 13.9. The van der Waals surface area contributed by atoms with Crippen LogP contribution in [0.25, 0.3) is 0 Å². The Morgan fingerprint density at radius 2 is 2.19 bits per heavy atom. The molecule has 0 aromatic heterocycles. The molecular weight excluding hydrogens is 202 g/mol. The van der Waals surface area contributed by atoms with Gasteiger partial charge in [-0.15, -0.1) is 0 Å². The fraction of sp³-hybridized carbons (Fsp3) is 0.769. The number of amides is 1. The van der Waals surface area contributed by atoms with Crippen molar-refractivity contribution in [2.45, 2.75) is 38.5 Å². The molecule has 0 saturated heterocycles. The van der Waals surface area contributed by atoms with E-state index in [1.807, 2.05) is 11.9 Å². The quantitative estimate of drug-likeness (QED) is 0.554. The molecule has 1 unspecified atom stereocenters. The van der Waals surface area contributed by atoms with Crippen molar-refractivity contribution in [3.05, 3.63) is 12.2 Å². The van der Waals surface area contributed by atoms with Gasteiger partial charge in [0.1, 0.15) is 0 Å². The maximum absolute atomic E-state index is 12.0. The molecule has 3 nitrogen and oxygen atoms in total. The van der Waals surface area contributed by atoms with Gasteiger partial charge >= 0.3 is 0 Å². The summed E-state index contributed by atoms with van der Waals surface area (Å²) < 4.78 is 0. The molecule has 1 aliphatic carbocycles. The number of nitrogens with zero attached hydrogens (tertiary/aromatic N) is 1. The summed E-state index contributed by atoms with van der Waals surface area (Å²) >= 11 is 0. The van der Waals surface area contributed by atoms with Crippen LogP contribution in [0.15, 0.2) is 12.2 Å². The first-order valence-corrected chi connectivity index (χ1v) is 6.26. The van der Waals surface area contributed by atoms with E-state index < -0.39 is 0 Å².